The molecule has 0 aromatic carbocycles. The highest BCUT2D eigenvalue weighted by Gasteiger charge is 2.33. The van der Waals surface area contributed by atoms with E-state index in [1.165, 1.54) is 0 Å². The van der Waals surface area contributed by atoms with Crippen LogP contribution in [0.25, 0.3) is 0 Å². The van der Waals surface area contributed by atoms with Gasteiger partial charge in [0.25, 0.3) is 0 Å². The maximum Gasteiger partial charge on any atom is 0.433 e. The number of hydrogen-bond donors (Lipinski definition) is 2. The topological polar surface area (TPSA) is 49.8 Å². The summed E-state index contributed by atoms with van der Waals surface area (Å²) in [5.74, 6) is 0.142. The summed E-state index contributed by atoms with van der Waals surface area (Å²) in [4.78, 5) is 7.38. The van der Waals surface area contributed by atoms with Crippen LogP contribution in [0.15, 0.2) is 6.07 Å². The summed E-state index contributed by atoms with van der Waals surface area (Å²) in [6.07, 6.45) is -4.47. The number of nitrogens with zero attached hydrogens (tertiary/aromatic N) is 2. The molecule has 0 aliphatic carbocycles. The van der Waals surface area contributed by atoms with Gasteiger partial charge in [-0.3, -0.25) is 0 Å². The summed E-state index contributed by atoms with van der Waals surface area (Å²) in [5, 5.41) is 5.50. The molecule has 17 heavy (non-hydrogen) atoms. The van der Waals surface area contributed by atoms with E-state index in [4.69, 9.17) is 0 Å². The first-order chi connectivity index (χ1) is 7.82. The molecule has 0 atom stereocenters. The molecular formula is C10H15F3N4. The minimum Gasteiger partial charge on any atom is -0.370 e. The minimum atomic E-state index is -4.47. The Morgan fingerprint density at radius 2 is 1.94 bits per heavy atom. The van der Waals surface area contributed by atoms with Crippen molar-refractivity contribution in [3.05, 3.63) is 11.8 Å². The smallest absolute Gasteiger partial charge is 0.370 e. The van der Waals surface area contributed by atoms with Crippen LogP contribution in [0.4, 0.5) is 24.9 Å². The highest BCUT2D eigenvalue weighted by molar-refractivity contribution is 5.43. The number of nitrogens with one attached hydrogen (secondary N) is 2. The predicted molar refractivity (Wildman–Crippen MR) is 60.0 cm³/mol. The van der Waals surface area contributed by atoms with E-state index in [0.717, 1.165) is 6.07 Å². The molecule has 0 spiro atoms. The molecule has 96 valence electrons. The molecule has 0 saturated heterocycles. The van der Waals surface area contributed by atoms with Gasteiger partial charge in [-0.25, -0.2) is 4.98 Å². The van der Waals surface area contributed by atoms with Crippen LogP contribution >= 0.6 is 0 Å². The second-order valence-electron chi connectivity index (χ2n) is 3.79. The monoisotopic (exact) mass is 248 g/mol. The average Bonchev–Trinajstić information content (AvgIpc) is 2.15. The SMILES string of the molecule is CCNc1cc(C(F)(F)F)nc(NC(C)C)n1. The van der Waals surface area contributed by atoms with Crippen molar-refractivity contribution in [2.45, 2.75) is 33.0 Å². The van der Waals surface area contributed by atoms with Gasteiger partial charge in [0.05, 0.1) is 0 Å². The van der Waals surface area contributed by atoms with Gasteiger partial charge in [-0.15, -0.1) is 0 Å². The summed E-state index contributed by atoms with van der Waals surface area (Å²) < 4.78 is 37.7. The lowest BCUT2D eigenvalue weighted by atomic mass is 10.3. The maximum absolute atomic E-state index is 12.6. The molecule has 4 nitrogen and oxygen atoms in total. The number of alkyl halides is 3. The molecule has 1 heterocycles. The zero-order valence-electron chi connectivity index (χ0n) is 9.89. The van der Waals surface area contributed by atoms with E-state index in [1.54, 1.807) is 20.8 Å². The van der Waals surface area contributed by atoms with Crippen molar-refractivity contribution < 1.29 is 13.2 Å². The summed E-state index contributed by atoms with van der Waals surface area (Å²) in [6.45, 7) is 5.88. The van der Waals surface area contributed by atoms with E-state index in [0.29, 0.717) is 6.54 Å². The molecule has 0 bridgehead atoms. The lowest BCUT2D eigenvalue weighted by Gasteiger charge is -2.13. The molecule has 0 fully saturated rings. The molecule has 0 radical (unpaired) electrons. The lowest BCUT2D eigenvalue weighted by Crippen LogP contribution is -2.17. The van der Waals surface area contributed by atoms with E-state index in [-0.39, 0.29) is 17.8 Å². The fourth-order valence-electron chi connectivity index (χ4n) is 1.19. The normalized spacial score (nSPS) is 11.7. The third-order valence-electron chi connectivity index (χ3n) is 1.79. The fourth-order valence-corrected chi connectivity index (χ4v) is 1.19. The Morgan fingerprint density at radius 1 is 1.29 bits per heavy atom. The maximum atomic E-state index is 12.6. The van der Waals surface area contributed by atoms with Crippen molar-refractivity contribution in [1.29, 1.82) is 0 Å². The predicted octanol–water partition coefficient (Wildman–Crippen LogP) is 2.75. The van der Waals surface area contributed by atoms with Crippen LogP contribution in [-0.4, -0.2) is 22.6 Å². The van der Waals surface area contributed by atoms with Gasteiger partial charge >= 0.3 is 6.18 Å². The third kappa shape index (κ3) is 4.08. The van der Waals surface area contributed by atoms with Gasteiger partial charge in [-0.1, -0.05) is 0 Å². The van der Waals surface area contributed by atoms with Gasteiger partial charge in [-0.05, 0) is 20.8 Å². The first-order valence-electron chi connectivity index (χ1n) is 5.29. The Hall–Kier alpha value is -1.53. The molecule has 0 aliphatic heterocycles. The van der Waals surface area contributed by atoms with E-state index in [9.17, 15) is 13.2 Å². The Labute approximate surface area is 97.7 Å². The van der Waals surface area contributed by atoms with Gasteiger partial charge in [0, 0.05) is 18.7 Å². The highest BCUT2D eigenvalue weighted by Crippen LogP contribution is 2.29. The average molecular weight is 248 g/mol. The standard InChI is InChI=1S/C10H15F3N4/c1-4-14-8-5-7(10(11,12)13)16-9(17-8)15-6(2)3/h5-6H,4H2,1-3H3,(H2,14,15,16,17). The first kappa shape index (κ1) is 13.5. The molecule has 0 aliphatic rings. The summed E-state index contributed by atoms with van der Waals surface area (Å²) in [5.41, 5.74) is -0.952. The largest absolute Gasteiger partial charge is 0.433 e. The van der Waals surface area contributed by atoms with Gasteiger partial charge in [-0.2, -0.15) is 18.2 Å². The Kier molecular flexibility index (Phi) is 4.14. The van der Waals surface area contributed by atoms with Crippen molar-refractivity contribution >= 4 is 11.8 Å². The van der Waals surface area contributed by atoms with E-state index in [2.05, 4.69) is 20.6 Å². The fraction of sp³-hybridized carbons (Fsp3) is 0.600. The van der Waals surface area contributed by atoms with Crippen LogP contribution in [0.1, 0.15) is 26.5 Å². The van der Waals surface area contributed by atoms with Gasteiger partial charge in [0.15, 0.2) is 5.69 Å². The van der Waals surface area contributed by atoms with Gasteiger partial charge in [0.2, 0.25) is 5.95 Å². The number of hydrogen-bond acceptors (Lipinski definition) is 4. The van der Waals surface area contributed by atoms with Gasteiger partial charge in [0.1, 0.15) is 5.82 Å². The summed E-state index contributed by atoms with van der Waals surface area (Å²) in [6, 6.07) is 0.864. The number of aromatic nitrogens is 2. The number of rotatable bonds is 4. The number of halogens is 3. The molecule has 0 saturated carbocycles. The van der Waals surface area contributed by atoms with Crippen molar-refractivity contribution in [3.8, 4) is 0 Å². The number of anilines is 2. The van der Waals surface area contributed by atoms with Crippen molar-refractivity contribution in [2.75, 3.05) is 17.2 Å². The zero-order chi connectivity index (χ0) is 13.1. The Balaban J connectivity index is 3.09. The van der Waals surface area contributed by atoms with Crippen molar-refractivity contribution in [2.24, 2.45) is 0 Å². The summed E-state index contributed by atoms with van der Waals surface area (Å²) >= 11 is 0. The van der Waals surface area contributed by atoms with Crippen molar-refractivity contribution in [1.82, 2.24) is 9.97 Å². The zero-order valence-corrected chi connectivity index (χ0v) is 9.89. The van der Waals surface area contributed by atoms with Crippen LogP contribution in [0, 0.1) is 0 Å². The molecule has 0 unspecified atom stereocenters. The highest BCUT2D eigenvalue weighted by atomic mass is 19.4. The van der Waals surface area contributed by atoms with E-state index < -0.39 is 11.9 Å². The second kappa shape index (κ2) is 5.20. The Morgan fingerprint density at radius 3 is 2.41 bits per heavy atom. The lowest BCUT2D eigenvalue weighted by molar-refractivity contribution is -0.141. The first-order valence-corrected chi connectivity index (χ1v) is 5.29. The van der Waals surface area contributed by atoms with Crippen LogP contribution in [0.3, 0.4) is 0 Å². The third-order valence-corrected chi connectivity index (χ3v) is 1.79. The van der Waals surface area contributed by atoms with Crippen LogP contribution in [-0.2, 0) is 6.18 Å². The summed E-state index contributed by atoms with van der Waals surface area (Å²) in [7, 11) is 0. The molecule has 1 aromatic heterocycles. The van der Waals surface area contributed by atoms with E-state index in [1.807, 2.05) is 0 Å². The van der Waals surface area contributed by atoms with Crippen LogP contribution in [0.5, 0.6) is 0 Å². The minimum absolute atomic E-state index is 0.0224. The molecule has 7 heteroatoms. The molecule has 2 N–H and O–H groups in total. The second-order valence-corrected chi connectivity index (χ2v) is 3.79. The van der Waals surface area contributed by atoms with Gasteiger partial charge < -0.3 is 10.6 Å². The molecule has 1 rings (SSSR count). The molecule has 1 aromatic rings. The Bertz CT molecular complexity index is 376. The quantitative estimate of drug-likeness (QED) is 0.860. The van der Waals surface area contributed by atoms with Crippen LogP contribution in [0.2, 0.25) is 0 Å². The molecular weight excluding hydrogens is 233 g/mol. The van der Waals surface area contributed by atoms with E-state index >= 15 is 0 Å². The van der Waals surface area contributed by atoms with Crippen LogP contribution < -0.4 is 10.6 Å². The van der Waals surface area contributed by atoms with Crippen molar-refractivity contribution in [3.63, 3.8) is 0 Å². The molecule has 0 amide bonds.